The average Bonchev–Trinajstić information content (AvgIpc) is 2.76. The van der Waals surface area contributed by atoms with Crippen molar-refractivity contribution >= 4 is 11.6 Å². The maximum Gasteiger partial charge on any atom is 0.241 e. The molecule has 0 radical (unpaired) electrons. The van der Waals surface area contributed by atoms with Gasteiger partial charge in [0.1, 0.15) is 17.4 Å². The van der Waals surface area contributed by atoms with Gasteiger partial charge in [0.15, 0.2) is 6.61 Å². The van der Waals surface area contributed by atoms with Crippen molar-refractivity contribution in [2.45, 2.75) is 12.5 Å². The zero-order valence-corrected chi connectivity index (χ0v) is 8.95. The van der Waals surface area contributed by atoms with Crippen molar-refractivity contribution in [3.05, 3.63) is 41.8 Å². The average molecular weight is 243 g/mol. The molecule has 0 aliphatic carbocycles. The molecule has 4 nitrogen and oxygen atoms in total. The SMILES string of the molecule is Fc1ccc(OCc2noc(CCl)n2)cc1. The van der Waals surface area contributed by atoms with E-state index in [1.54, 1.807) is 0 Å². The van der Waals surface area contributed by atoms with Gasteiger partial charge < -0.3 is 9.26 Å². The Morgan fingerprint density at radius 1 is 1.31 bits per heavy atom. The molecular formula is C10H8ClFN2O2. The third-order valence-corrected chi connectivity index (χ3v) is 2.03. The summed E-state index contributed by atoms with van der Waals surface area (Å²) in [4.78, 5) is 3.95. The van der Waals surface area contributed by atoms with E-state index in [4.69, 9.17) is 20.9 Å². The van der Waals surface area contributed by atoms with Gasteiger partial charge in [-0.25, -0.2) is 4.39 Å². The highest BCUT2D eigenvalue weighted by molar-refractivity contribution is 6.16. The molecule has 0 atom stereocenters. The monoisotopic (exact) mass is 242 g/mol. The number of ether oxygens (including phenoxy) is 1. The van der Waals surface area contributed by atoms with Crippen LogP contribution >= 0.6 is 11.6 Å². The first kappa shape index (κ1) is 10.9. The van der Waals surface area contributed by atoms with Crippen LogP contribution in [0.4, 0.5) is 4.39 Å². The van der Waals surface area contributed by atoms with E-state index in [-0.39, 0.29) is 18.3 Å². The Balaban J connectivity index is 1.94. The first-order chi connectivity index (χ1) is 7.78. The van der Waals surface area contributed by atoms with Crippen LogP contribution in [-0.4, -0.2) is 10.1 Å². The largest absolute Gasteiger partial charge is 0.485 e. The van der Waals surface area contributed by atoms with E-state index in [1.165, 1.54) is 24.3 Å². The minimum absolute atomic E-state index is 0.159. The highest BCUT2D eigenvalue weighted by Crippen LogP contribution is 2.12. The van der Waals surface area contributed by atoms with Gasteiger partial charge in [-0.05, 0) is 24.3 Å². The third kappa shape index (κ3) is 2.70. The molecule has 16 heavy (non-hydrogen) atoms. The lowest BCUT2D eigenvalue weighted by Crippen LogP contribution is -1.97. The summed E-state index contributed by atoms with van der Waals surface area (Å²) in [6, 6.07) is 5.68. The smallest absolute Gasteiger partial charge is 0.241 e. The number of benzene rings is 1. The fraction of sp³-hybridized carbons (Fsp3) is 0.200. The number of hydrogen-bond donors (Lipinski definition) is 0. The van der Waals surface area contributed by atoms with E-state index in [0.717, 1.165) is 0 Å². The van der Waals surface area contributed by atoms with Crippen LogP contribution in [0.2, 0.25) is 0 Å². The third-order valence-electron chi connectivity index (χ3n) is 1.81. The Hall–Kier alpha value is -1.62. The van der Waals surface area contributed by atoms with Crippen molar-refractivity contribution in [2.24, 2.45) is 0 Å². The summed E-state index contributed by atoms with van der Waals surface area (Å²) < 4.78 is 22.7. The molecule has 0 bridgehead atoms. The fourth-order valence-corrected chi connectivity index (χ4v) is 1.19. The predicted octanol–water partition coefficient (Wildman–Crippen LogP) is 2.53. The van der Waals surface area contributed by atoms with Crippen molar-refractivity contribution in [3.8, 4) is 5.75 Å². The standard InChI is InChI=1S/C10H8ClFN2O2/c11-5-10-13-9(14-16-10)6-15-8-3-1-7(12)2-4-8/h1-4H,5-6H2. The van der Waals surface area contributed by atoms with Crippen LogP contribution in [0, 0.1) is 5.82 Å². The molecule has 2 rings (SSSR count). The second kappa shape index (κ2) is 4.94. The molecule has 0 amide bonds. The van der Waals surface area contributed by atoms with E-state index < -0.39 is 0 Å². The van der Waals surface area contributed by atoms with Gasteiger partial charge in [0.2, 0.25) is 11.7 Å². The van der Waals surface area contributed by atoms with Gasteiger partial charge in [-0.15, -0.1) is 11.6 Å². The van der Waals surface area contributed by atoms with E-state index in [9.17, 15) is 4.39 Å². The second-order valence-electron chi connectivity index (χ2n) is 2.98. The van der Waals surface area contributed by atoms with Crippen LogP contribution in [0.15, 0.2) is 28.8 Å². The molecule has 1 aromatic heterocycles. The van der Waals surface area contributed by atoms with Crippen molar-refractivity contribution < 1.29 is 13.7 Å². The van der Waals surface area contributed by atoms with Gasteiger partial charge in [-0.1, -0.05) is 5.16 Å². The second-order valence-corrected chi connectivity index (χ2v) is 3.25. The fourth-order valence-electron chi connectivity index (χ4n) is 1.08. The normalized spacial score (nSPS) is 10.4. The maximum absolute atomic E-state index is 12.6. The molecule has 1 heterocycles. The number of aromatic nitrogens is 2. The molecule has 2 aromatic rings. The molecule has 0 unspecified atom stereocenters. The minimum atomic E-state index is -0.309. The van der Waals surface area contributed by atoms with Crippen molar-refractivity contribution in [1.29, 1.82) is 0 Å². The summed E-state index contributed by atoms with van der Waals surface area (Å²) in [7, 11) is 0. The summed E-state index contributed by atoms with van der Waals surface area (Å²) in [5.41, 5.74) is 0. The molecule has 0 N–H and O–H groups in total. The summed E-state index contributed by atoms with van der Waals surface area (Å²) in [6.07, 6.45) is 0. The molecule has 0 spiro atoms. The van der Waals surface area contributed by atoms with Crippen LogP contribution in [0.5, 0.6) is 5.75 Å². The number of alkyl halides is 1. The highest BCUT2D eigenvalue weighted by atomic mass is 35.5. The van der Waals surface area contributed by atoms with E-state index in [2.05, 4.69) is 10.1 Å². The lowest BCUT2D eigenvalue weighted by Gasteiger charge is -2.01. The summed E-state index contributed by atoms with van der Waals surface area (Å²) in [5, 5.41) is 3.65. The van der Waals surface area contributed by atoms with Gasteiger partial charge in [0, 0.05) is 0 Å². The molecule has 1 aromatic carbocycles. The first-order valence-corrected chi connectivity index (χ1v) is 5.07. The Morgan fingerprint density at radius 2 is 2.06 bits per heavy atom. The van der Waals surface area contributed by atoms with Crippen LogP contribution in [0.3, 0.4) is 0 Å². The zero-order valence-electron chi connectivity index (χ0n) is 8.19. The van der Waals surface area contributed by atoms with Crippen molar-refractivity contribution in [3.63, 3.8) is 0 Å². The molecule has 0 aliphatic heterocycles. The van der Waals surface area contributed by atoms with Gasteiger partial charge in [0.25, 0.3) is 0 Å². The molecule has 84 valence electrons. The van der Waals surface area contributed by atoms with E-state index in [0.29, 0.717) is 17.5 Å². The quantitative estimate of drug-likeness (QED) is 0.773. The lowest BCUT2D eigenvalue weighted by atomic mass is 10.3. The Morgan fingerprint density at radius 3 is 2.69 bits per heavy atom. The lowest BCUT2D eigenvalue weighted by molar-refractivity contribution is 0.285. The van der Waals surface area contributed by atoms with Gasteiger partial charge in [-0.2, -0.15) is 4.98 Å². The Kier molecular flexibility index (Phi) is 3.36. The molecule has 0 saturated heterocycles. The summed E-state index contributed by atoms with van der Waals surface area (Å²) in [6.45, 7) is 0.159. The number of halogens is 2. The van der Waals surface area contributed by atoms with Crippen LogP contribution in [-0.2, 0) is 12.5 Å². The first-order valence-electron chi connectivity index (χ1n) is 4.54. The molecular weight excluding hydrogens is 235 g/mol. The van der Waals surface area contributed by atoms with Crippen LogP contribution in [0.1, 0.15) is 11.7 Å². The Labute approximate surface area is 96.0 Å². The highest BCUT2D eigenvalue weighted by Gasteiger charge is 2.05. The number of nitrogens with zero attached hydrogens (tertiary/aromatic N) is 2. The number of rotatable bonds is 4. The number of hydrogen-bond acceptors (Lipinski definition) is 4. The van der Waals surface area contributed by atoms with Gasteiger partial charge in [-0.3, -0.25) is 0 Å². The molecule has 0 aliphatic rings. The van der Waals surface area contributed by atoms with Crippen molar-refractivity contribution in [2.75, 3.05) is 0 Å². The maximum atomic E-state index is 12.6. The van der Waals surface area contributed by atoms with E-state index >= 15 is 0 Å². The topological polar surface area (TPSA) is 48.2 Å². The summed E-state index contributed by atoms with van der Waals surface area (Å²) >= 11 is 5.50. The van der Waals surface area contributed by atoms with Crippen LogP contribution in [0.25, 0.3) is 0 Å². The molecule has 0 saturated carbocycles. The van der Waals surface area contributed by atoms with Gasteiger partial charge >= 0.3 is 0 Å². The molecule has 6 heteroatoms. The minimum Gasteiger partial charge on any atom is -0.485 e. The molecule has 0 fully saturated rings. The van der Waals surface area contributed by atoms with Crippen LogP contribution < -0.4 is 4.74 Å². The predicted molar refractivity (Wildman–Crippen MR) is 54.6 cm³/mol. The van der Waals surface area contributed by atoms with Gasteiger partial charge in [0.05, 0.1) is 0 Å². The zero-order chi connectivity index (χ0) is 11.4. The van der Waals surface area contributed by atoms with E-state index in [1.807, 2.05) is 0 Å². The van der Waals surface area contributed by atoms with Crippen molar-refractivity contribution in [1.82, 2.24) is 10.1 Å². The summed E-state index contributed by atoms with van der Waals surface area (Å²) in [5.74, 6) is 1.15. The Bertz CT molecular complexity index is 458.